The Morgan fingerprint density at radius 2 is 1.96 bits per heavy atom. The molecule has 134 valence electrons. The van der Waals surface area contributed by atoms with Crippen LogP contribution in [0.25, 0.3) is 0 Å². The number of hydrogen-bond donors (Lipinski definition) is 2. The summed E-state index contributed by atoms with van der Waals surface area (Å²) in [5, 5.41) is 6.98. The van der Waals surface area contributed by atoms with Gasteiger partial charge in [0.05, 0.1) is 20.2 Å². The van der Waals surface area contributed by atoms with E-state index < -0.39 is 6.03 Å². The van der Waals surface area contributed by atoms with Crippen molar-refractivity contribution in [3.8, 4) is 5.75 Å². The summed E-state index contributed by atoms with van der Waals surface area (Å²) >= 11 is 1.56. The average Bonchev–Trinajstić information content (AvgIpc) is 3.13. The number of rotatable bonds is 8. The predicted molar refractivity (Wildman–Crippen MR) is 98.6 cm³/mol. The van der Waals surface area contributed by atoms with Crippen LogP contribution in [0.1, 0.15) is 17.4 Å². The van der Waals surface area contributed by atoms with Crippen molar-refractivity contribution in [1.29, 1.82) is 0 Å². The van der Waals surface area contributed by atoms with Gasteiger partial charge in [0.25, 0.3) is 0 Å². The Labute approximate surface area is 151 Å². The first-order valence-corrected chi connectivity index (χ1v) is 8.94. The summed E-state index contributed by atoms with van der Waals surface area (Å²) in [6.45, 7) is 3.89. The third-order valence-electron chi connectivity index (χ3n) is 3.64. The molecular formula is C18H23N3O3S. The maximum absolute atomic E-state index is 12.0. The first kappa shape index (κ1) is 19.0. The molecule has 2 aromatic rings. The number of likely N-dealkylation sites (N-methyl/N-ethyl adjacent to an activating group) is 1. The molecule has 6 nitrogen and oxygen atoms in total. The van der Waals surface area contributed by atoms with Crippen LogP contribution in [0.4, 0.5) is 4.79 Å². The van der Waals surface area contributed by atoms with Crippen LogP contribution in [-0.2, 0) is 17.9 Å². The van der Waals surface area contributed by atoms with E-state index in [0.717, 1.165) is 16.2 Å². The van der Waals surface area contributed by atoms with E-state index in [9.17, 15) is 9.59 Å². The number of nitrogens with zero attached hydrogens (tertiary/aromatic N) is 1. The average molecular weight is 361 g/mol. The smallest absolute Gasteiger partial charge is 0.321 e. The van der Waals surface area contributed by atoms with E-state index in [1.165, 1.54) is 0 Å². The van der Waals surface area contributed by atoms with Crippen molar-refractivity contribution in [2.45, 2.75) is 20.0 Å². The molecule has 3 amide bonds. The largest absolute Gasteiger partial charge is 0.497 e. The number of imide groups is 1. The fraction of sp³-hybridized carbons (Fsp3) is 0.333. The van der Waals surface area contributed by atoms with Gasteiger partial charge in [0.15, 0.2) is 0 Å². The summed E-state index contributed by atoms with van der Waals surface area (Å²) in [5.41, 5.74) is 1.08. The predicted octanol–water partition coefficient (Wildman–Crippen LogP) is 2.60. The molecule has 0 aliphatic heterocycles. The number of hydrogen-bond acceptors (Lipinski definition) is 5. The highest BCUT2D eigenvalue weighted by Crippen LogP contribution is 2.13. The molecular weight excluding hydrogens is 338 g/mol. The zero-order valence-electron chi connectivity index (χ0n) is 14.5. The Hall–Kier alpha value is -2.38. The number of nitrogens with one attached hydrogen (secondary N) is 2. The van der Waals surface area contributed by atoms with Gasteiger partial charge in [-0.1, -0.05) is 25.1 Å². The lowest BCUT2D eigenvalue weighted by atomic mass is 10.2. The van der Waals surface area contributed by atoms with Crippen molar-refractivity contribution >= 4 is 23.3 Å². The number of methoxy groups -OCH3 is 1. The monoisotopic (exact) mass is 361 g/mol. The number of benzene rings is 1. The summed E-state index contributed by atoms with van der Waals surface area (Å²) < 4.78 is 5.14. The summed E-state index contributed by atoms with van der Waals surface area (Å²) in [5.74, 6) is 0.478. The molecule has 1 aromatic carbocycles. The summed E-state index contributed by atoms with van der Waals surface area (Å²) in [6, 6.07) is 11.1. The van der Waals surface area contributed by atoms with Gasteiger partial charge in [-0.15, -0.1) is 11.3 Å². The fourth-order valence-corrected chi connectivity index (χ4v) is 2.91. The molecule has 0 saturated carbocycles. The van der Waals surface area contributed by atoms with Gasteiger partial charge < -0.3 is 10.1 Å². The van der Waals surface area contributed by atoms with Crippen LogP contribution in [0.2, 0.25) is 0 Å². The molecule has 0 radical (unpaired) electrons. The highest BCUT2D eigenvalue weighted by atomic mass is 32.1. The van der Waals surface area contributed by atoms with E-state index in [2.05, 4.69) is 10.6 Å². The van der Waals surface area contributed by atoms with Crippen molar-refractivity contribution in [1.82, 2.24) is 15.5 Å². The molecule has 0 bridgehead atoms. The van der Waals surface area contributed by atoms with Crippen LogP contribution in [-0.4, -0.2) is 37.0 Å². The normalized spacial score (nSPS) is 10.5. The standard InChI is InChI=1S/C18H23N3O3S/c1-3-21(12-14-6-8-15(24-2)9-7-14)13-17(22)20-18(23)19-11-16-5-4-10-25-16/h4-10H,3,11-13H2,1-2H3,(H2,19,20,22,23). The Bertz CT molecular complexity index is 671. The van der Waals surface area contributed by atoms with E-state index in [1.54, 1.807) is 18.4 Å². The van der Waals surface area contributed by atoms with Crippen molar-refractivity contribution < 1.29 is 14.3 Å². The Balaban J connectivity index is 1.77. The number of urea groups is 1. The van der Waals surface area contributed by atoms with Gasteiger partial charge in [-0.2, -0.15) is 0 Å². The fourth-order valence-electron chi connectivity index (χ4n) is 2.26. The molecule has 0 spiro atoms. The number of ether oxygens (including phenoxy) is 1. The van der Waals surface area contributed by atoms with Crippen LogP contribution < -0.4 is 15.4 Å². The molecule has 0 unspecified atom stereocenters. The lowest BCUT2D eigenvalue weighted by Crippen LogP contribution is -2.44. The molecule has 0 aliphatic carbocycles. The van der Waals surface area contributed by atoms with Crippen LogP contribution in [0, 0.1) is 0 Å². The SMILES string of the molecule is CCN(CC(=O)NC(=O)NCc1cccs1)Cc1ccc(OC)cc1. The first-order valence-electron chi connectivity index (χ1n) is 8.06. The molecule has 1 aromatic heterocycles. The lowest BCUT2D eigenvalue weighted by molar-refractivity contribution is -0.121. The summed E-state index contributed by atoms with van der Waals surface area (Å²) in [7, 11) is 1.63. The molecule has 25 heavy (non-hydrogen) atoms. The molecule has 1 heterocycles. The van der Waals surface area contributed by atoms with Gasteiger partial charge in [-0.25, -0.2) is 4.79 Å². The number of amides is 3. The molecule has 0 saturated heterocycles. The van der Waals surface area contributed by atoms with Crippen molar-refractivity contribution in [3.05, 3.63) is 52.2 Å². The molecule has 0 atom stereocenters. The van der Waals surface area contributed by atoms with Gasteiger partial charge in [0, 0.05) is 11.4 Å². The summed E-state index contributed by atoms with van der Waals surface area (Å²) in [6.07, 6.45) is 0. The topological polar surface area (TPSA) is 70.7 Å². The maximum Gasteiger partial charge on any atom is 0.321 e. The molecule has 0 fully saturated rings. The summed E-state index contributed by atoms with van der Waals surface area (Å²) in [4.78, 5) is 26.8. The second-order valence-corrected chi connectivity index (χ2v) is 6.49. The van der Waals surface area contributed by atoms with Crippen LogP contribution >= 0.6 is 11.3 Å². The molecule has 0 aliphatic rings. The molecule has 2 N–H and O–H groups in total. The second-order valence-electron chi connectivity index (χ2n) is 5.46. The number of carbonyl (C=O) groups excluding carboxylic acids is 2. The van der Waals surface area contributed by atoms with E-state index in [1.807, 2.05) is 53.6 Å². The van der Waals surface area contributed by atoms with E-state index in [-0.39, 0.29) is 12.5 Å². The van der Waals surface area contributed by atoms with Gasteiger partial charge in [-0.05, 0) is 35.7 Å². The highest BCUT2D eigenvalue weighted by Gasteiger charge is 2.12. The lowest BCUT2D eigenvalue weighted by Gasteiger charge is -2.19. The minimum atomic E-state index is -0.473. The maximum atomic E-state index is 12.0. The van der Waals surface area contributed by atoms with Gasteiger partial charge in [0.1, 0.15) is 5.75 Å². The van der Waals surface area contributed by atoms with E-state index in [0.29, 0.717) is 19.6 Å². The van der Waals surface area contributed by atoms with Crippen molar-refractivity contribution in [2.24, 2.45) is 0 Å². The number of thiophene rings is 1. The second kappa shape index (κ2) is 9.80. The van der Waals surface area contributed by atoms with Crippen LogP contribution in [0.15, 0.2) is 41.8 Å². The number of carbonyl (C=O) groups is 2. The van der Waals surface area contributed by atoms with Gasteiger partial charge in [0.2, 0.25) is 5.91 Å². The third kappa shape index (κ3) is 6.56. The zero-order chi connectivity index (χ0) is 18.1. The molecule has 2 rings (SSSR count). The van der Waals surface area contributed by atoms with Crippen LogP contribution in [0.5, 0.6) is 5.75 Å². The minimum absolute atomic E-state index is 0.162. The van der Waals surface area contributed by atoms with Gasteiger partial charge >= 0.3 is 6.03 Å². The Morgan fingerprint density at radius 3 is 2.56 bits per heavy atom. The van der Waals surface area contributed by atoms with E-state index in [4.69, 9.17) is 4.74 Å². The zero-order valence-corrected chi connectivity index (χ0v) is 15.3. The third-order valence-corrected chi connectivity index (χ3v) is 4.51. The Morgan fingerprint density at radius 1 is 1.20 bits per heavy atom. The highest BCUT2D eigenvalue weighted by molar-refractivity contribution is 7.09. The Kier molecular flexibility index (Phi) is 7.43. The van der Waals surface area contributed by atoms with Crippen LogP contribution in [0.3, 0.4) is 0 Å². The quantitative estimate of drug-likeness (QED) is 0.758. The van der Waals surface area contributed by atoms with Crippen molar-refractivity contribution in [2.75, 3.05) is 20.2 Å². The first-order chi connectivity index (χ1) is 12.1. The molecule has 7 heteroatoms. The minimum Gasteiger partial charge on any atom is -0.497 e. The van der Waals surface area contributed by atoms with Gasteiger partial charge in [-0.3, -0.25) is 15.0 Å². The van der Waals surface area contributed by atoms with Crippen molar-refractivity contribution in [3.63, 3.8) is 0 Å². The van der Waals surface area contributed by atoms with E-state index >= 15 is 0 Å².